The smallest absolute Gasteiger partial charge is 0.268 e. The minimum absolute atomic E-state index is 0.0948. The van der Waals surface area contributed by atoms with E-state index in [4.69, 9.17) is 0 Å². The molecule has 1 N–H and O–H groups in total. The first-order chi connectivity index (χ1) is 11.8. The van der Waals surface area contributed by atoms with Gasteiger partial charge in [0.2, 0.25) is 10.0 Å². The molecule has 0 radical (unpaired) electrons. The lowest BCUT2D eigenvalue weighted by molar-refractivity contribution is 0.0920. The van der Waals surface area contributed by atoms with Crippen LogP contribution in [0.25, 0.3) is 10.9 Å². The van der Waals surface area contributed by atoms with Gasteiger partial charge in [0, 0.05) is 38.1 Å². The zero-order valence-corrected chi connectivity index (χ0v) is 15.8. The van der Waals surface area contributed by atoms with Crippen LogP contribution in [-0.2, 0) is 17.1 Å². The van der Waals surface area contributed by atoms with Crippen molar-refractivity contribution in [2.45, 2.75) is 43.0 Å². The molecule has 7 heteroatoms. The van der Waals surface area contributed by atoms with Gasteiger partial charge >= 0.3 is 0 Å². The van der Waals surface area contributed by atoms with E-state index in [1.165, 1.54) is 24.8 Å². The van der Waals surface area contributed by atoms with E-state index in [1.54, 1.807) is 24.3 Å². The van der Waals surface area contributed by atoms with E-state index in [1.807, 2.05) is 11.6 Å². The molecule has 1 fully saturated rings. The van der Waals surface area contributed by atoms with E-state index >= 15 is 0 Å². The molecule has 0 saturated heterocycles. The Kier molecular flexibility index (Phi) is 4.88. The standard InChI is InChI=1S/C18H25N3O3S/c1-20(2)25(23,24)15-9-10-16-13(11-15)12-17(21(16)3)18(22)19-14-7-5-4-6-8-14/h9-12,14H,4-8H2,1-3H3,(H,19,22). The Morgan fingerprint density at radius 1 is 1.16 bits per heavy atom. The van der Waals surface area contributed by atoms with E-state index in [0.717, 1.165) is 36.6 Å². The number of nitrogens with one attached hydrogen (secondary N) is 1. The Balaban J connectivity index is 1.92. The molecule has 1 heterocycles. The van der Waals surface area contributed by atoms with Crippen LogP contribution in [0.4, 0.5) is 0 Å². The van der Waals surface area contributed by atoms with Crippen LogP contribution in [0.1, 0.15) is 42.6 Å². The topological polar surface area (TPSA) is 71.4 Å². The summed E-state index contributed by atoms with van der Waals surface area (Å²) in [5.74, 6) is -0.0948. The number of fused-ring (bicyclic) bond motifs is 1. The molecule has 2 aromatic rings. The fourth-order valence-corrected chi connectivity index (χ4v) is 4.36. The summed E-state index contributed by atoms with van der Waals surface area (Å²) < 4.78 is 27.6. The molecule has 1 aromatic carbocycles. The zero-order valence-electron chi connectivity index (χ0n) is 14.9. The first-order valence-corrected chi connectivity index (χ1v) is 10.1. The number of hydrogen-bond donors (Lipinski definition) is 1. The number of rotatable bonds is 4. The number of sulfonamides is 1. The third-order valence-corrected chi connectivity index (χ3v) is 6.78. The van der Waals surface area contributed by atoms with Crippen molar-refractivity contribution in [2.24, 2.45) is 7.05 Å². The number of nitrogens with zero attached hydrogens (tertiary/aromatic N) is 2. The summed E-state index contributed by atoms with van der Waals surface area (Å²) in [6, 6.07) is 6.97. The predicted molar refractivity (Wildman–Crippen MR) is 98.1 cm³/mol. The average molecular weight is 363 g/mol. The van der Waals surface area contributed by atoms with E-state index in [-0.39, 0.29) is 16.8 Å². The Bertz CT molecular complexity index is 894. The van der Waals surface area contributed by atoms with Crippen LogP contribution >= 0.6 is 0 Å². The maximum atomic E-state index is 12.6. The van der Waals surface area contributed by atoms with E-state index in [9.17, 15) is 13.2 Å². The van der Waals surface area contributed by atoms with Crippen molar-refractivity contribution >= 4 is 26.8 Å². The molecule has 1 amide bonds. The lowest BCUT2D eigenvalue weighted by atomic mass is 9.95. The van der Waals surface area contributed by atoms with Gasteiger partial charge in [0.15, 0.2) is 0 Å². The summed E-state index contributed by atoms with van der Waals surface area (Å²) >= 11 is 0. The molecule has 1 aliphatic carbocycles. The summed E-state index contributed by atoms with van der Waals surface area (Å²) in [4.78, 5) is 12.9. The number of aryl methyl sites for hydroxylation is 1. The van der Waals surface area contributed by atoms with Gasteiger partial charge in [0.25, 0.3) is 5.91 Å². The maximum Gasteiger partial charge on any atom is 0.268 e. The quantitative estimate of drug-likeness (QED) is 0.907. The normalized spacial score (nSPS) is 16.5. The average Bonchev–Trinajstić information content (AvgIpc) is 2.92. The highest BCUT2D eigenvalue weighted by molar-refractivity contribution is 7.89. The number of benzene rings is 1. The second kappa shape index (κ2) is 6.80. The Morgan fingerprint density at radius 3 is 2.48 bits per heavy atom. The fraction of sp³-hybridized carbons (Fsp3) is 0.500. The number of aromatic nitrogens is 1. The highest BCUT2D eigenvalue weighted by atomic mass is 32.2. The van der Waals surface area contributed by atoms with Crippen LogP contribution in [0, 0.1) is 0 Å². The van der Waals surface area contributed by atoms with Gasteiger partial charge in [0.1, 0.15) is 5.69 Å². The minimum Gasteiger partial charge on any atom is -0.348 e. The molecule has 1 saturated carbocycles. The molecule has 25 heavy (non-hydrogen) atoms. The number of amides is 1. The molecule has 0 unspecified atom stereocenters. The van der Waals surface area contributed by atoms with Gasteiger partial charge in [-0.25, -0.2) is 12.7 Å². The minimum atomic E-state index is -3.49. The van der Waals surface area contributed by atoms with Gasteiger partial charge in [-0.2, -0.15) is 0 Å². The van der Waals surface area contributed by atoms with E-state index in [2.05, 4.69) is 5.32 Å². The maximum absolute atomic E-state index is 12.6. The van der Waals surface area contributed by atoms with Crippen LogP contribution in [0.2, 0.25) is 0 Å². The molecule has 0 bridgehead atoms. The first kappa shape index (κ1) is 17.9. The van der Waals surface area contributed by atoms with Crippen molar-refractivity contribution in [1.29, 1.82) is 0 Å². The lowest BCUT2D eigenvalue weighted by Gasteiger charge is -2.22. The number of carbonyl (C=O) groups is 1. The number of carbonyl (C=O) groups excluding carboxylic acids is 1. The van der Waals surface area contributed by atoms with Gasteiger partial charge < -0.3 is 9.88 Å². The molecular formula is C18H25N3O3S. The molecule has 1 aromatic heterocycles. The lowest BCUT2D eigenvalue weighted by Crippen LogP contribution is -2.36. The highest BCUT2D eigenvalue weighted by Gasteiger charge is 2.21. The van der Waals surface area contributed by atoms with E-state index < -0.39 is 10.0 Å². The SMILES string of the molecule is CN(C)S(=O)(=O)c1ccc2c(c1)cc(C(=O)NC1CCCCC1)n2C. The molecule has 0 aliphatic heterocycles. The van der Waals surface area contributed by atoms with Gasteiger partial charge in [-0.05, 0) is 37.1 Å². The van der Waals surface area contributed by atoms with Crippen molar-refractivity contribution in [3.63, 3.8) is 0 Å². The zero-order chi connectivity index (χ0) is 18.2. The largest absolute Gasteiger partial charge is 0.348 e. The molecule has 136 valence electrons. The van der Waals surface area contributed by atoms with Crippen molar-refractivity contribution in [1.82, 2.24) is 14.2 Å². The molecule has 0 atom stereocenters. The van der Waals surface area contributed by atoms with Crippen LogP contribution < -0.4 is 5.32 Å². The summed E-state index contributed by atoms with van der Waals surface area (Å²) in [6.07, 6.45) is 5.61. The third kappa shape index (κ3) is 3.43. The Labute approximate surface area is 148 Å². The molecule has 0 spiro atoms. The Hall–Kier alpha value is -1.86. The molecular weight excluding hydrogens is 338 g/mol. The monoisotopic (exact) mass is 363 g/mol. The van der Waals surface area contributed by atoms with Gasteiger partial charge in [0.05, 0.1) is 4.90 Å². The summed E-state index contributed by atoms with van der Waals surface area (Å²) in [5.41, 5.74) is 1.39. The van der Waals surface area contributed by atoms with Crippen LogP contribution in [0.5, 0.6) is 0 Å². The second-order valence-corrected chi connectivity index (χ2v) is 9.06. The van der Waals surface area contributed by atoms with Crippen molar-refractivity contribution in [3.8, 4) is 0 Å². The number of hydrogen-bond acceptors (Lipinski definition) is 3. The predicted octanol–water partition coefficient (Wildman–Crippen LogP) is 2.49. The summed E-state index contributed by atoms with van der Waals surface area (Å²) in [5, 5.41) is 3.86. The van der Waals surface area contributed by atoms with Gasteiger partial charge in [-0.15, -0.1) is 0 Å². The van der Waals surface area contributed by atoms with Crippen molar-refractivity contribution < 1.29 is 13.2 Å². The second-order valence-electron chi connectivity index (χ2n) is 6.91. The third-order valence-electron chi connectivity index (χ3n) is 4.97. The highest BCUT2D eigenvalue weighted by Crippen LogP contribution is 2.24. The van der Waals surface area contributed by atoms with Gasteiger partial charge in [-0.1, -0.05) is 19.3 Å². The summed E-state index contributed by atoms with van der Waals surface area (Å²) in [6.45, 7) is 0. The van der Waals surface area contributed by atoms with Crippen LogP contribution in [-0.4, -0.2) is 43.3 Å². The first-order valence-electron chi connectivity index (χ1n) is 8.63. The van der Waals surface area contributed by atoms with Crippen molar-refractivity contribution in [2.75, 3.05) is 14.1 Å². The fourth-order valence-electron chi connectivity index (χ4n) is 3.42. The summed E-state index contributed by atoms with van der Waals surface area (Å²) in [7, 11) is 1.36. The van der Waals surface area contributed by atoms with Crippen LogP contribution in [0.3, 0.4) is 0 Å². The Morgan fingerprint density at radius 2 is 1.84 bits per heavy atom. The van der Waals surface area contributed by atoms with Crippen molar-refractivity contribution in [3.05, 3.63) is 30.0 Å². The molecule has 3 rings (SSSR count). The molecule has 1 aliphatic rings. The van der Waals surface area contributed by atoms with Crippen LogP contribution in [0.15, 0.2) is 29.2 Å². The van der Waals surface area contributed by atoms with Gasteiger partial charge in [-0.3, -0.25) is 4.79 Å². The molecule has 6 nitrogen and oxygen atoms in total. The van der Waals surface area contributed by atoms with E-state index in [0.29, 0.717) is 5.69 Å².